The zero-order chi connectivity index (χ0) is 19.9. The molecule has 0 saturated carbocycles. The van der Waals surface area contributed by atoms with Gasteiger partial charge >= 0.3 is 6.18 Å². The van der Waals surface area contributed by atoms with Gasteiger partial charge in [0.15, 0.2) is 11.6 Å². The van der Waals surface area contributed by atoms with Crippen LogP contribution in [-0.2, 0) is 19.3 Å². The molecule has 0 spiro atoms. The van der Waals surface area contributed by atoms with E-state index in [9.17, 15) is 18.0 Å². The summed E-state index contributed by atoms with van der Waals surface area (Å²) >= 11 is 5.89. The van der Waals surface area contributed by atoms with Gasteiger partial charge in [0.1, 0.15) is 0 Å². The van der Waals surface area contributed by atoms with Crippen LogP contribution < -0.4 is 0 Å². The first kappa shape index (κ1) is 18.5. The number of benzene rings is 2. The maximum Gasteiger partial charge on any atom is 0.417 e. The van der Waals surface area contributed by atoms with Crippen molar-refractivity contribution in [1.82, 2.24) is 19.7 Å². The second-order valence-corrected chi connectivity index (χ2v) is 6.73. The van der Waals surface area contributed by atoms with Gasteiger partial charge in [-0.3, -0.25) is 4.79 Å². The number of carbonyl (C=O) groups is 1. The highest BCUT2D eigenvalue weighted by atomic mass is 35.5. The van der Waals surface area contributed by atoms with Crippen LogP contribution in [0, 0.1) is 0 Å². The molecule has 0 N–H and O–H groups in total. The number of fused-ring (bicyclic) bond motifs is 1. The average Bonchev–Trinajstić information content (AvgIpc) is 3.10. The fraction of sp³-hybridized carbons (Fsp3) is 0.211. The van der Waals surface area contributed by atoms with Gasteiger partial charge in [0.25, 0.3) is 5.91 Å². The van der Waals surface area contributed by atoms with Gasteiger partial charge in [-0.2, -0.15) is 13.2 Å². The molecule has 0 radical (unpaired) electrons. The molecule has 28 heavy (non-hydrogen) atoms. The number of nitrogens with zero attached hydrogens (tertiary/aromatic N) is 4. The van der Waals surface area contributed by atoms with Gasteiger partial charge in [0, 0.05) is 18.7 Å². The Morgan fingerprint density at radius 1 is 1.00 bits per heavy atom. The van der Waals surface area contributed by atoms with Crippen LogP contribution in [0.25, 0.3) is 11.4 Å². The molecular weight excluding hydrogens is 393 g/mol. The molecule has 3 aromatic rings. The van der Waals surface area contributed by atoms with Crippen LogP contribution in [0.5, 0.6) is 0 Å². The Morgan fingerprint density at radius 3 is 2.46 bits per heavy atom. The molecule has 2 heterocycles. The van der Waals surface area contributed by atoms with Crippen LogP contribution in [0.1, 0.15) is 21.7 Å². The van der Waals surface area contributed by atoms with Crippen molar-refractivity contribution in [3.8, 4) is 11.4 Å². The van der Waals surface area contributed by atoms with E-state index >= 15 is 0 Å². The number of hydrogen-bond acceptors (Lipinski definition) is 3. The zero-order valence-corrected chi connectivity index (χ0v) is 15.2. The summed E-state index contributed by atoms with van der Waals surface area (Å²) in [6.45, 7) is 0.899. The van der Waals surface area contributed by atoms with Crippen molar-refractivity contribution in [2.45, 2.75) is 19.3 Å². The van der Waals surface area contributed by atoms with Crippen molar-refractivity contribution in [2.24, 2.45) is 0 Å². The van der Waals surface area contributed by atoms with E-state index in [-0.39, 0.29) is 12.1 Å². The number of halogens is 4. The molecule has 0 fully saturated rings. The summed E-state index contributed by atoms with van der Waals surface area (Å²) in [4.78, 5) is 14.2. The van der Waals surface area contributed by atoms with Gasteiger partial charge in [-0.15, -0.1) is 10.2 Å². The van der Waals surface area contributed by atoms with Crippen molar-refractivity contribution >= 4 is 17.5 Å². The third-order valence-corrected chi connectivity index (χ3v) is 5.01. The third-order valence-electron chi connectivity index (χ3n) is 4.61. The highest BCUT2D eigenvalue weighted by Gasteiger charge is 2.35. The van der Waals surface area contributed by atoms with Gasteiger partial charge in [0.2, 0.25) is 0 Å². The molecule has 0 unspecified atom stereocenters. The Hall–Kier alpha value is -2.87. The summed E-state index contributed by atoms with van der Waals surface area (Å²) in [6, 6.07) is 12.9. The van der Waals surface area contributed by atoms with Crippen LogP contribution in [0.3, 0.4) is 0 Å². The van der Waals surface area contributed by atoms with E-state index in [0.717, 1.165) is 11.6 Å². The van der Waals surface area contributed by atoms with Crippen molar-refractivity contribution in [3.63, 3.8) is 0 Å². The number of alkyl halides is 3. The summed E-state index contributed by atoms with van der Waals surface area (Å²) < 4.78 is 41.1. The van der Waals surface area contributed by atoms with Crippen LogP contribution in [0.15, 0.2) is 48.5 Å². The first-order chi connectivity index (χ1) is 13.4. The largest absolute Gasteiger partial charge is 0.417 e. The van der Waals surface area contributed by atoms with Gasteiger partial charge in [-0.25, -0.2) is 0 Å². The second kappa shape index (κ2) is 6.94. The highest BCUT2D eigenvalue weighted by molar-refractivity contribution is 6.34. The average molecular weight is 407 g/mol. The Morgan fingerprint density at radius 2 is 1.75 bits per heavy atom. The molecule has 1 aromatic heterocycles. The molecule has 0 bridgehead atoms. The SMILES string of the molecule is O=C(c1cccc(C(F)(F)F)c1Cl)N1CCn2c(nnc2-c2ccccc2)C1. The lowest BCUT2D eigenvalue weighted by molar-refractivity contribution is -0.137. The zero-order valence-electron chi connectivity index (χ0n) is 14.4. The summed E-state index contributed by atoms with van der Waals surface area (Å²) in [6.07, 6.45) is -4.62. The molecule has 2 aromatic carbocycles. The van der Waals surface area contributed by atoms with Crippen LogP contribution >= 0.6 is 11.6 Å². The number of hydrogen-bond donors (Lipinski definition) is 0. The predicted molar refractivity (Wildman–Crippen MR) is 96.7 cm³/mol. The summed E-state index contributed by atoms with van der Waals surface area (Å²) in [5.41, 5.74) is -0.291. The van der Waals surface area contributed by atoms with Crippen LogP contribution in [0.2, 0.25) is 5.02 Å². The van der Waals surface area contributed by atoms with E-state index in [2.05, 4.69) is 10.2 Å². The Balaban J connectivity index is 1.61. The molecule has 0 aliphatic carbocycles. The first-order valence-corrected chi connectivity index (χ1v) is 8.86. The molecule has 1 aliphatic rings. The van der Waals surface area contributed by atoms with Crippen LogP contribution in [-0.4, -0.2) is 32.1 Å². The summed E-state index contributed by atoms with van der Waals surface area (Å²) in [7, 11) is 0. The quantitative estimate of drug-likeness (QED) is 0.638. The number of aromatic nitrogens is 3. The smallest absolute Gasteiger partial charge is 0.329 e. The Labute approximate surface area is 163 Å². The minimum atomic E-state index is -4.62. The lowest BCUT2D eigenvalue weighted by atomic mass is 10.1. The van der Waals surface area contributed by atoms with E-state index in [1.165, 1.54) is 17.0 Å². The maximum absolute atomic E-state index is 13.1. The normalized spacial score (nSPS) is 14.1. The molecule has 0 saturated heterocycles. The fourth-order valence-electron chi connectivity index (χ4n) is 3.22. The van der Waals surface area contributed by atoms with Gasteiger partial charge in [-0.1, -0.05) is 48.0 Å². The first-order valence-electron chi connectivity index (χ1n) is 8.49. The third kappa shape index (κ3) is 3.24. The topological polar surface area (TPSA) is 51.0 Å². The van der Waals surface area contributed by atoms with Gasteiger partial charge < -0.3 is 9.47 Å². The lowest BCUT2D eigenvalue weighted by Crippen LogP contribution is -2.38. The number of rotatable bonds is 2. The molecule has 1 aliphatic heterocycles. The lowest BCUT2D eigenvalue weighted by Gasteiger charge is -2.28. The molecule has 0 atom stereocenters. The minimum Gasteiger partial charge on any atom is -0.329 e. The second-order valence-electron chi connectivity index (χ2n) is 6.35. The molecule has 4 rings (SSSR count). The van der Waals surface area contributed by atoms with E-state index in [0.29, 0.717) is 24.7 Å². The summed E-state index contributed by atoms with van der Waals surface area (Å²) in [5, 5.41) is 7.76. The Bertz CT molecular complexity index is 1030. The summed E-state index contributed by atoms with van der Waals surface area (Å²) in [5.74, 6) is 0.702. The van der Waals surface area contributed by atoms with Gasteiger partial charge in [0.05, 0.1) is 22.7 Å². The van der Waals surface area contributed by atoms with Crippen LogP contribution in [0.4, 0.5) is 13.2 Å². The molecule has 144 valence electrons. The van der Waals surface area contributed by atoms with Crippen molar-refractivity contribution in [1.29, 1.82) is 0 Å². The van der Waals surface area contributed by atoms with Crippen molar-refractivity contribution < 1.29 is 18.0 Å². The van der Waals surface area contributed by atoms with Crippen molar-refractivity contribution in [2.75, 3.05) is 6.54 Å². The number of amides is 1. The van der Waals surface area contributed by atoms with E-state index in [1.54, 1.807) is 0 Å². The van der Waals surface area contributed by atoms with E-state index < -0.39 is 22.7 Å². The highest BCUT2D eigenvalue weighted by Crippen LogP contribution is 2.36. The van der Waals surface area contributed by atoms with E-state index in [1.807, 2.05) is 34.9 Å². The molecule has 5 nitrogen and oxygen atoms in total. The maximum atomic E-state index is 13.1. The van der Waals surface area contributed by atoms with Gasteiger partial charge in [-0.05, 0) is 12.1 Å². The monoisotopic (exact) mass is 406 g/mol. The minimum absolute atomic E-state index is 0.144. The molecule has 1 amide bonds. The van der Waals surface area contributed by atoms with E-state index in [4.69, 9.17) is 11.6 Å². The molecule has 9 heteroatoms. The fourth-order valence-corrected chi connectivity index (χ4v) is 3.53. The van der Waals surface area contributed by atoms with Crippen molar-refractivity contribution in [3.05, 3.63) is 70.5 Å². The number of carbonyl (C=O) groups excluding carboxylic acids is 1. The Kier molecular flexibility index (Phi) is 4.58. The predicted octanol–water partition coefficient (Wildman–Crippen LogP) is 4.27. The molecular formula is C19H14ClF3N4O. The standard InChI is InChI=1S/C19H14ClF3N4O/c20-16-13(7-4-8-14(16)19(21,22)23)18(28)26-9-10-27-15(11-26)24-25-17(27)12-5-2-1-3-6-12/h1-8H,9-11H2.